The molecule has 0 saturated heterocycles. The SMILES string of the molecule is Cc1nc(=O)[nH]c(C)c1CC(=O)NCC1CCC(O)C1. The van der Waals surface area contributed by atoms with Crippen molar-refractivity contribution in [1.29, 1.82) is 0 Å². The van der Waals surface area contributed by atoms with Gasteiger partial charge in [0.15, 0.2) is 0 Å². The van der Waals surface area contributed by atoms with Gasteiger partial charge in [-0.05, 0) is 39.0 Å². The maximum Gasteiger partial charge on any atom is 0.345 e. The summed E-state index contributed by atoms with van der Waals surface area (Å²) < 4.78 is 0. The van der Waals surface area contributed by atoms with Crippen molar-refractivity contribution >= 4 is 5.91 Å². The van der Waals surface area contributed by atoms with E-state index in [1.165, 1.54) is 0 Å². The fraction of sp³-hybridized carbons (Fsp3) is 0.643. The molecule has 2 rings (SSSR count). The number of aliphatic hydroxyl groups is 1. The summed E-state index contributed by atoms with van der Waals surface area (Å²) in [4.78, 5) is 29.6. The van der Waals surface area contributed by atoms with Gasteiger partial charge in [0, 0.05) is 23.5 Å². The first kappa shape index (κ1) is 14.7. The topological polar surface area (TPSA) is 95.1 Å². The van der Waals surface area contributed by atoms with Crippen LogP contribution in [0.1, 0.15) is 36.2 Å². The predicted octanol–water partition coefficient (Wildman–Crippen LogP) is 0.206. The minimum Gasteiger partial charge on any atom is -0.393 e. The molecule has 20 heavy (non-hydrogen) atoms. The van der Waals surface area contributed by atoms with E-state index in [-0.39, 0.29) is 24.1 Å². The summed E-state index contributed by atoms with van der Waals surface area (Å²) in [7, 11) is 0. The smallest absolute Gasteiger partial charge is 0.345 e. The normalized spacial score (nSPS) is 21.9. The highest BCUT2D eigenvalue weighted by atomic mass is 16.3. The van der Waals surface area contributed by atoms with E-state index in [0.717, 1.165) is 24.8 Å². The number of aromatic nitrogens is 2. The van der Waals surface area contributed by atoms with Crippen LogP contribution in [0.3, 0.4) is 0 Å². The average molecular weight is 279 g/mol. The number of hydrogen-bond acceptors (Lipinski definition) is 4. The van der Waals surface area contributed by atoms with Gasteiger partial charge in [-0.2, -0.15) is 4.98 Å². The molecule has 1 saturated carbocycles. The van der Waals surface area contributed by atoms with Crippen LogP contribution in [0.2, 0.25) is 0 Å². The van der Waals surface area contributed by atoms with Gasteiger partial charge in [-0.1, -0.05) is 0 Å². The van der Waals surface area contributed by atoms with E-state index >= 15 is 0 Å². The molecular formula is C14H21N3O3. The van der Waals surface area contributed by atoms with Crippen molar-refractivity contribution in [3.05, 3.63) is 27.4 Å². The molecule has 6 nitrogen and oxygen atoms in total. The van der Waals surface area contributed by atoms with Gasteiger partial charge in [0.05, 0.1) is 12.5 Å². The minimum absolute atomic E-state index is 0.0774. The summed E-state index contributed by atoms with van der Waals surface area (Å²) in [5, 5.41) is 12.3. The number of nitrogens with zero attached hydrogens (tertiary/aromatic N) is 1. The molecule has 0 bridgehead atoms. The Bertz CT molecular complexity index is 527. The molecule has 0 spiro atoms. The second-order valence-corrected chi connectivity index (χ2v) is 5.54. The zero-order chi connectivity index (χ0) is 14.7. The third kappa shape index (κ3) is 3.66. The van der Waals surface area contributed by atoms with Gasteiger partial charge in [0.1, 0.15) is 0 Å². The zero-order valence-electron chi connectivity index (χ0n) is 11.9. The fourth-order valence-electron chi connectivity index (χ4n) is 2.73. The van der Waals surface area contributed by atoms with Crippen LogP contribution >= 0.6 is 0 Å². The first-order valence-corrected chi connectivity index (χ1v) is 6.97. The van der Waals surface area contributed by atoms with Gasteiger partial charge >= 0.3 is 5.69 Å². The summed E-state index contributed by atoms with van der Waals surface area (Å²) >= 11 is 0. The highest BCUT2D eigenvalue weighted by Crippen LogP contribution is 2.24. The highest BCUT2D eigenvalue weighted by Gasteiger charge is 2.23. The van der Waals surface area contributed by atoms with Gasteiger partial charge < -0.3 is 15.4 Å². The summed E-state index contributed by atoms with van der Waals surface area (Å²) in [6.07, 6.45) is 2.54. The van der Waals surface area contributed by atoms with Crippen molar-refractivity contribution in [2.24, 2.45) is 5.92 Å². The summed E-state index contributed by atoms with van der Waals surface area (Å²) in [6.45, 7) is 4.11. The Morgan fingerprint density at radius 2 is 2.20 bits per heavy atom. The third-order valence-corrected chi connectivity index (χ3v) is 3.89. The highest BCUT2D eigenvalue weighted by molar-refractivity contribution is 5.79. The van der Waals surface area contributed by atoms with Crippen LogP contribution < -0.4 is 11.0 Å². The lowest BCUT2D eigenvalue weighted by Gasteiger charge is -2.12. The quantitative estimate of drug-likeness (QED) is 0.734. The second kappa shape index (κ2) is 6.17. The molecule has 0 aromatic carbocycles. The predicted molar refractivity (Wildman–Crippen MR) is 74.4 cm³/mol. The zero-order valence-corrected chi connectivity index (χ0v) is 11.9. The second-order valence-electron chi connectivity index (χ2n) is 5.54. The van der Waals surface area contributed by atoms with E-state index in [1.807, 2.05) is 0 Å². The summed E-state index contributed by atoms with van der Waals surface area (Å²) in [5.41, 5.74) is 1.67. The average Bonchev–Trinajstić information content (AvgIpc) is 2.77. The van der Waals surface area contributed by atoms with Crippen LogP contribution in [0.15, 0.2) is 4.79 Å². The molecule has 0 aliphatic heterocycles. The van der Waals surface area contributed by atoms with Gasteiger partial charge in [0.25, 0.3) is 0 Å². The minimum atomic E-state index is -0.385. The number of aromatic amines is 1. The molecule has 1 heterocycles. The van der Waals surface area contributed by atoms with Crippen LogP contribution in [0.25, 0.3) is 0 Å². The molecule has 6 heteroatoms. The molecule has 1 aromatic heterocycles. The number of aliphatic hydroxyl groups excluding tert-OH is 1. The first-order valence-electron chi connectivity index (χ1n) is 6.97. The molecule has 1 aliphatic carbocycles. The summed E-state index contributed by atoms with van der Waals surface area (Å²) in [5.74, 6) is 0.288. The van der Waals surface area contributed by atoms with Crippen LogP contribution in [0.4, 0.5) is 0 Å². The van der Waals surface area contributed by atoms with Crippen LogP contribution in [0.5, 0.6) is 0 Å². The van der Waals surface area contributed by atoms with Gasteiger partial charge in [-0.15, -0.1) is 0 Å². The van der Waals surface area contributed by atoms with Crippen molar-refractivity contribution in [2.45, 2.75) is 45.6 Å². The van der Waals surface area contributed by atoms with Gasteiger partial charge in [-0.25, -0.2) is 4.79 Å². The molecule has 1 aliphatic rings. The number of carbonyl (C=O) groups is 1. The number of amides is 1. The largest absolute Gasteiger partial charge is 0.393 e. The maximum absolute atomic E-state index is 11.9. The number of carbonyl (C=O) groups excluding carboxylic acids is 1. The number of aryl methyl sites for hydroxylation is 2. The van der Waals surface area contributed by atoms with Crippen molar-refractivity contribution in [1.82, 2.24) is 15.3 Å². The van der Waals surface area contributed by atoms with Gasteiger partial charge in [-0.3, -0.25) is 4.79 Å². The van der Waals surface area contributed by atoms with Crippen LogP contribution in [-0.2, 0) is 11.2 Å². The number of nitrogens with one attached hydrogen (secondary N) is 2. The Labute approximate surface area is 117 Å². The summed E-state index contributed by atoms with van der Waals surface area (Å²) in [6, 6.07) is 0. The Morgan fingerprint density at radius 1 is 1.45 bits per heavy atom. The molecule has 1 amide bonds. The van der Waals surface area contributed by atoms with Crippen molar-refractivity contribution in [3.63, 3.8) is 0 Å². The standard InChI is InChI=1S/C14H21N3O3/c1-8-12(9(2)17-14(20)16-8)6-13(19)15-7-10-3-4-11(18)5-10/h10-11,18H,3-7H2,1-2H3,(H,15,19)(H,16,17,20). The monoisotopic (exact) mass is 279 g/mol. The number of H-pyrrole nitrogens is 1. The number of hydrogen-bond donors (Lipinski definition) is 3. The maximum atomic E-state index is 11.9. The van der Waals surface area contributed by atoms with E-state index < -0.39 is 0 Å². The van der Waals surface area contributed by atoms with Crippen molar-refractivity contribution in [3.8, 4) is 0 Å². The number of rotatable bonds is 4. The lowest BCUT2D eigenvalue weighted by Crippen LogP contribution is -2.31. The molecule has 1 fully saturated rings. The van der Waals surface area contributed by atoms with E-state index in [9.17, 15) is 14.7 Å². The Balaban J connectivity index is 1.90. The van der Waals surface area contributed by atoms with E-state index in [0.29, 0.717) is 23.9 Å². The lowest BCUT2D eigenvalue weighted by molar-refractivity contribution is -0.120. The Kier molecular flexibility index (Phi) is 4.54. The van der Waals surface area contributed by atoms with Gasteiger partial charge in [0.2, 0.25) is 5.91 Å². The molecule has 3 N–H and O–H groups in total. The Hall–Kier alpha value is -1.69. The lowest BCUT2D eigenvalue weighted by atomic mass is 10.1. The van der Waals surface area contributed by atoms with Crippen molar-refractivity contribution in [2.75, 3.05) is 6.54 Å². The van der Waals surface area contributed by atoms with Crippen LogP contribution in [0, 0.1) is 19.8 Å². The molecule has 0 radical (unpaired) electrons. The fourth-order valence-corrected chi connectivity index (χ4v) is 2.73. The Morgan fingerprint density at radius 3 is 2.80 bits per heavy atom. The van der Waals surface area contributed by atoms with E-state index in [4.69, 9.17) is 0 Å². The third-order valence-electron chi connectivity index (χ3n) is 3.89. The molecule has 2 unspecified atom stereocenters. The molecular weight excluding hydrogens is 258 g/mol. The van der Waals surface area contributed by atoms with E-state index in [1.54, 1.807) is 13.8 Å². The van der Waals surface area contributed by atoms with E-state index in [2.05, 4.69) is 15.3 Å². The molecule has 1 aromatic rings. The first-order chi connectivity index (χ1) is 9.45. The molecule has 110 valence electrons. The van der Waals surface area contributed by atoms with Crippen molar-refractivity contribution < 1.29 is 9.90 Å². The molecule has 2 atom stereocenters. The van der Waals surface area contributed by atoms with Crippen LogP contribution in [-0.4, -0.2) is 33.6 Å².